The molecule has 0 aliphatic rings. The predicted octanol–water partition coefficient (Wildman–Crippen LogP) is 4.76. The van der Waals surface area contributed by atoms with Gasteiger partial charge in [-0.1, -0.05) is 11.6 Å². The zero-order valence-electron chi connectivity index (χ0n) is 12.5. The van der Waals surface area contributed by atoms with Gasteiger partial charge in [0.25, 0.3) is 5.91 Å². The third-order valence-corrected chi connectivity index (χ3v) is 4.23. The highest BCUT2D eigenvalue weighted by atomic mass is 35.5. The molecule has 0 saturated carbocycles. The second-order valence-electron chi connectivity index (χ2n) is 5.10. The van der Waals surface area contributed by atoms with Crippen LogP contribution in [0.25, 0.3) is 11.0 Å². The van der Waals surface area contributed by atoms with Crippen LogP contribution in [0.15, 0.2) is 47.4 Å². The van der Waals surface area contributed by atoms with Crippen molar-refractivity contribution in [2.75, 3.05) is 0 Å². The molecule has 3 aromatic rings. The van der Waals surface area contributed by atoms with Crippen molar-refractivity contribution in [3.8, 4) is 0 Å². The molecule has 1 aromatic heterocycles. The fraction of sp³-hybridized carbons (Fsp3) is 0.125. The topological polar surface area (TPSA) is 57.8 Å². The lowest BCUT2D eigenvalue weighted by molar-refractivity contribution is -0.0328. The summed E-state index contributed by atoms with van der Waals surface area (Å²) in [5.41, 5.74) is -2.60. The molecule has 130 valence electrons. The summed E-state index contributed by atoms with van der Waals surface area (Å²) < 4.78 is 36.9. The number of alkyl halides is 3. The van der Waals surface area contributed by atoms with Crippen LogP contribution in [0, 0.1) is 0 Å². The first kappa shape index (κ1) is 17.6. The Labute approximate surface area is 149 Å². The summed E-state index contributed by atoms with van der Waals surface area (Å²) in [6.07, 6.45) is 0. The molecule has 0 spiro atoms. The van der Waals surface area contributed by atoms with Crippen molar-refractivity contribution in [2.45, 2.75) is 16.9 Å². The van der Waals surface area contributed by atoms with Gasteiger partial charge in [0, 0.05) is 15.5 Å². The van der Waals surface area contributed by atoms with Crippen molar-refractivity contribution in [3.05, 3.63) is 58.9 Å². The number of carbonyl (C=O) groups is 1. The molecule has 2 aromatic carbocycles. The first-order chi connectivity index (χ1) is 11.8. The van der Waals surface area contributed by atoms with Crippen molar-refractivity contribution < 1.29 is 18.0 Å². The number of hydrogen-bond acceptors (Lipinski definition) is 3. The number of thioether (sulfide) groups is 1. The van der Waals surface area contributed by atoms with Gasteiger partial charge in [-0.05, 0) is 54.2 Å². The number of hydrogen-bond donors (Lipinski definition) is 2. The number of carbonyl (C=O) groups excluding carboxylic acids is 1. The minimum Gasteiger partial charge on any atom is -0.345 e. The fourth-order valence-corrected chi connectivity index (χ4v) is 2.90. The number of fused-ring (bicyclic) bond motifs is 1. The minimum absolute atomic E-state index is 0.0261. The van der Waals surface area contributed by atoms with Gasteiger partial charge in [-0.25, -0.2) is 4.98 Å². The number of nitrogens with zero attached hydrogens (tertiary/aromatic N) is 1. The van der Waals surface area contributed by atoms with Crippen molar-refractivity contribution in [1.82, 2.24) is 15.3 Å². The number of aromatic nitrogens is 2. The maximum absolute atomic E-state index is 12.3. The Balaban J connectivity index is 1.63. The average Bonchev–Trinajstić information content (AvgIpc) is 2.93. The Bertz CT molecular complexity index is 909. The molecule has 0 aliphatic carbocycles. The van der Waals surface area contributed by atoms with Gasteiger partial charge in [0.2, 0.25) is 0 Å². The molecule has 4 nitrogen and oxygen atoms in total. The molecular weight excluding hydrogens is 375 g/mol. The van der Waals surface area contributed by atoms with E-state index in [1.54, 1.807) is 18.2 Å². The largest absolute Gasteiger partial charge is 0.446 e. The summed E-state index contributed by atoms with van der Waals surface area (Å²) >= 11 is 5.68. The highest BCUT2D eigenvalue weighted by Gasteiger charge is 2.29. The second-order valence-corrected chi connectivity index (χ2v) is 6.67. The van der Waals surface area contributed by atoms with Crippen molar-refractivity contribution in [2.24, 2.45) is 0 Å². The number of imidazole rings is 1. The number of H-pyrrole nitrogens is 1. The molecule has 3 rings (SSSR count). The summed E-state index contributed by atoms with van der Waals surface area (Å²) in [7, 11) is 0. The zero-order valence-corrected chi connectivity index (χ0v) is 14.1. The third-order valence-electron chi connectivity index (χ3n) is 3.26. The standard InChI is InChI=1S/C16H11ClF3N3OS/c17-10-3-6-12-13(7-10)23-14(22-12)8-21-15(24)9-1-4-11(5-2-9)25-16(18,19)20/h1-7H,8H2,(H,21,24)(H,22,23). The van der Waals surface area contributed by atoms with Gasteiger partial charge in [0.15, 0.2) is 0 Å². The highest BCUT2D eigenvalue weighted by molar-refractivity contribution is 8.00. The second kappa shape index (κ2) is 6.97. The lowest BCUT2D eigenvalue weighted by atomic mass is 10.2. The maximum Gasteiger partial charge on any atom is 0.446 e. The van der Waals surface area contributed by atoms with E-state index in [-0.39, 0.29) is 28.8 Å². The number of amides is 1. The summed E-state index contributed by atoms with van der Waals surface area (Å²) in [6, 6.07) is 10.4. The third kappa shape index (κ3) is 4.67. The Morgan fingerprint density at radius 3 is 2.60 bits per heavy atom. The molecule has 0 fully saturated rings. The molecular formula is C16H11ClF3N3OS. The van der Waals surface area contributed by atoms with Gasteiger partial charge in [0.05, 0.1) is 17.6 Å². The van der Waals surface area contributed by atoms with Crippen LogP contribution < -0.4 is 5.32 Å². The summed E-state index contributed by atoms with van der Waals surface area (Å²) in [5, 5.41) is 3.24. The number of nitrogens with one attached hydrogen (secondary N) is 2. The molecule has 0 atom stereocenters. The number of halogens is 4. The molecule has 0 radical (unpaired) electrons. The van der Waals surface area contributed by atoms with E-state index >= 15 is 0 Å². The van der Waals surface area contributed by atoms with Gasteiger partial charge in [-0.2, -0.15) is 13.2 Å². The van der Waals surface area contributed by atoms with E-state index in [0.717, 1.165) is 11.0 Å². The van der Waals surface area contributed by atoms with E-state index in [2.05, 4.69) is 15.3 Å². The van der Waals surface area contributed by atoms with Crippen LogP contribution in [0.4, 0.5) is 13.2 Å². The normalized spacial score (nSPS) is 11.7. The van der Waals surface area contributed by atoms with E-state index < -0.39 is 11.4 Å². The Morgan fingerprint density at radius 2 is 1.92 bits per heavy atom. The van der Waals surface area contributed by atoms with Gasteiger partial charge >= 0.3 is 5.51 Å². The van der Waals surface area contributed by atoms with Gasteiger partial charge in [0.1, 0.15) is 5.82 Å². The van der Waals surface area contributed by atoms with E-state index in [1.807, 2.05) is 0 Å². The molecule has 1 amide bonds. The van der Waals surface area contributed by atoms with Gasteiger partial charge < -0.3 is 10.3 Å². The van der Waals surface area contributed by atoms with E-state index in [1.165, 1.54) is 24.3 Å². The first-order valence-electron chi connectivity index (χ1n) is 7.08. The average molecular weight is 386 g/mol. The molecule has 0 saturated heterocycles. The highest BCUT2D eigenvalue weighted by Crippen LogP contribution is 2.36. The molecule has 2 N–H and O–H groups in total. The van der Waals surface area contributed by atoms with Crippen LogP contribution >= 0.6 is 23.4 Å². The Kier molecular flexibility index (Phi) is 4.91. The summed E-state index contributed by atoms with van der Waals surface area (Å²) in [5.74, 6) is 0.150. The zero-order chi connectivity index (χ0) is 18.0. The van der Waals surface area contributed by atoms with E-state index in [4.69, 9.17) is 11.6 Å². The van der Waals surface area contributed by atoms with Crippen molar-refractivity contribution >= 4 is 40.3 Å². The Hall–Kier alpha value is -2.19. The molecule has 25 heavy (non-hydrogen) atoms. The molecule has 9 heteroatoms. The SMILES string of the molecule is O=C(NCc1nc2ccc(Cl)cc2[nH]1)c1ccc(SC(F)(F)F)cc1. The number of benzene rings is 2. The fourth-order valence-electron chi connectivity index (χ4n) is 2.19. The molecule has 0 bridgehead atoms. The lowest BCUT2D eigenvalue weighted by Gasteiger charge is -2.07. The van der Waals surface area contributed by atoms with E-state index in [0.29, 0.717) is 10.8 Å². The maximum atomic E-state index is 12.3. The molecule has 0 unspecified atom stereocenters. The lowest BCUT2D eigenvalue weighted by Crippen LogP contribution is -2.23. The predicted molar refractivity (Wildman–Crippen MR) is 90.6 cm³/mol. The number of aromatic amines is 1. The summed E-state index contributed by atoms with van der Waals surface area (Å²) in [6.45, 7) is 0.157. The Morgan fingerprint density at radius 1 is 1.20 bits per heavy atom. The van der Waals surface area contributed by atoms with Crippen molar-refractivity contribution in [3.63, 3.8) is 0 Å². The smallest absolute Gasteiger partial charge is 0.345 e. The van der Waals surface area contributed by atoms with Gasteiger partial charge in [-0.15, -0.1) is 0 Å². The van der Waals surface area contributed by atoms with Crippen LogP contribution in [0.2, 0.25) is 5.02 Å². The minimum atomic E-state index is -4.35. The van der Waals surface area contributed by atoms with Crippen LogP contribution in [-0.2, 0) is 6.54 Å². The molecule has 1 heterocycles. The summed E-state index contributed by atoms with van der Waals surface area (Å²) in [4.78, 5) is 19.5. The molecule has 0 aliphatic heterocycles. The van der Waals surface area contributed by atoms with Crippen LogP contribution in [0.5, 0.6) is 0 Å². The number of rotatable bonds is 4. The van der Waals surface area contributed by atoms with Crippen LogP contribution in [0.1, 0.15) is 16.2 Å². The van der Waals surface area contributed by atoms with Crippen LogP contribution in [0.3, 0.4) is 0 Å². The first-order valence-corrected chi connectivity index (χ1v) is 8.28. The monoisotopic (exact) mass is 385 g/mol. The quantitative estimate of drug-likeness (QED) is 0.637. The van der Waals surface area contributed by atoms with Crippen molar-refractivity contribution in [1.29, 1.82) is 0 Å². The van der Waals surface area contributed by atoms with E-state index in [9.17, 15) is 18.0 Å². The van der Waals surface area contributed by atoms with Gasteiger partial charge in [-0.3, -0.25) is 4.79 Å². The van der Waals surface area contributed by atoms with Crippen LogP contribution in [-0.4, -0.2) is 21.4 Å².